The van der Waals surface area contributed by atoms with Crippen LogP contribution in [0.1, 0.15) is 19.8 Å². The minimum absolute atomic E-state index is 0.532. The molecule has 0 aliphatic rings. The molecule has 0 radical (unpaired) electrons. The number of nitrogen functional groups attached to an aromatic ring is 2. The summed E-state index contributed by atoms with van der Waals surface area (Å²) in [6, 6.07) is 14.7. The molecule has 6 N–H and O–H groups in total. The average molecular weight is 317 g/mol. The Bertz CT molecular complexity index is 527. The Hall–Kier alpha value is -2.40. The van der Waals surface area contributed by atoms with Crippen LogP contribution < -0.4 is 26.7 Å². The highest BCUT2D eigenvalue weighted by Gasteiger charge is 1.91. The molecule has 0 saturated carbocycles. The van der Waals surface area contributed by atoms with E-state index in [2.05, 4.69) is 6.92 Å². The summed E-state index contributed by atoms with van der Waals surface area (Å²) in [6.07, 6.45) is 2.26. The van der Waals surface area contributed by atoms with Crippen molar-refractivity contribution in [3.63, 3.8) is 0 Å². The van der Waals surface area contributed by atoms with Gasteiger partial charge >= 0.3 is 0 Å². The molecule has 0 unspecified atom stereocenters. The molecule has 0 saturated heterocycles. The summed E-state index contributed by atoms with van der Waals surface area (Å²) in [5, 5.41) is 0. The molecular formula is C18H27N3O2. The number of hydrogen-bond donors (Lipinski definition) is 3. The molecule has 0 aromatic heterocycles. The van der Waals surface area contributed by atoms with E-state index in [1.54, 1.807) is 12.1 Å². The molecule has 0 spiro atoms. The third-order valence-corrected chi connectivity index (χ3v) is 2.91. The Balaban J connectivity index is 0.000000231. The topological polar surface area (TPSA) is 96.5 Å². The van der Waals surface area contributed by atoms with Crippen molar-refractivity contribution in [3.8, 4) is 11.5 Å². The lowest BCUT2D eigenvalue weighted by Gasteiger charge is -2.04. The van der Waals surface area contributed by atoms with Crippen LogP contribution in [-0.2, 0) is 0 Å². The van der Waals surface area contributed by atoms with Crippen LogP contribution in [0.15, 0.2) is 48.5 Å². The van der Waals surface area contributed by atoms with Gasteiger partial charge in [-0.3, -0.25) is 0 Å². The van der Waals surface area contributed by atoms with Crippen LogP contribution in [0.25, 0.3) is 0 Å². The zero-order valence-electron chi connectivity index (χ0n) is 13.7. The van der Waals surface area contributed by atoms with Crippen LogP contribution in [0.5, 0.6) is 11.5 Å². The van der Waals surface area contributed by atoms with Crippen molar-refractivity contribution in [3.05, 3.63) is 48.5 Å². The van der Waals surface area contributed by atoms with Gasteiger partial charge in [0.1, 0.15) is 18.1 Å². The van der Waals surface area contributed by atoms with Gasteiger partial charge in [0.15, 0.2) is 0 Å². The van der Waals surface area contributed by atoms with Gasteiger partial charge in [-0.15, -0.1) is 0 Å². The van der Waals surface area contributed by atoms with E-state index in [-0.39, 0.29) is 0 Å². The molecular weight excluding hydrogens is 290 g/mol. The van der Waals surface area contributed by atoms with Crippen LogP contribution in [0, 0.1) is 0 Å². The van der Waals surface area contributed by atoms with E-state index >= 15 is 0 Å². The summed E-state index contributed by atoms with van der Waals surface area (Å²) < 4.78 is 10.7. The van der Waals surface area contributed by atoms with Crippen molar-refractivity contribution in [1.29, 1.82) is 0 Å². The summed E-state index contributed by atoms with van der Waals surface area (Å²) in [5.74, 6) is 1.71. The largest absolute Gasteiger partial charge is 0.494 e. The maximum atomic E-state index is 5.53. The lowest BCUT2D eigenvalue weighted by molar-refractivity contribution is 0.309. The summed E-state index contributed by atoms with van der Waals surface area (Å²) in [5.41, 5.74) is 17.8. The molecule has 126 valence electrons. The van der Waals surface area contributed by atoms with Gasteiger partial charge < -0.3 is 26.7 Å². The standard InChI is InChI=1S/C10H15NO.C8H12N2O/c1-2-3-8-12-10-6-4-9(11)5-7-10;9-5-6-11-8-3-1-7(10)2-4-8/h4-7H,2-3,8,11H2,1H3;1-4H,5-6,9-10H2. The predicted octanol–water partition coefficient (Wildman–Crippen LogP) is 3.05. The first kappa shape index (κ1) is 18.6. The van der Waals surface area contributed by atoms with Gasteiger partial charge in [0, 0.05) is 17.9 Å². The average Bonchev–Trinajstić information content (AvgIpc) is 2.57. The molecule has 0 amide bonds. The molecule has 0 atom stereocenters. The number of hydrogen-bond acceptors (Lipinski definition) is 5. The fraction of sp³-hybridized carbons (Fsp3) is 0.333. The molecule has 0 bridgehead atoms. The number of benzene rings is 2. The number of nitrogens with two attached hydrogens (primary N) is 3. The first-order valence-corrected chi connectivity index (χ1v) is 7.82. The van der Waals surface area contributed by atoms with Crippen molar-refractivity contribution in [2.45, 2.75) is 19.8 Å². The van der Waals surface area contributed by atoms with Crippen molar-refractivity contribution in [2.24, 2.45) is 5.73 Å². The van der Waals surface area contributed by atoms with Gasteiger partial charge in [0.25, 0.3) is 0 Å². The first-order valence-electron chi connectivity index (χ1n) is 7.82. The Morgan fingerprint density at radius 2 is 1.17 bits per heavy atom. The molecule has 5 heteroatoms. The SMILES string of the molecule is CCCCOc1ccc(N)cc1.NCCOc1ccc(N)cc1. The van der Waals surface area contributed by atoms with Gasteiger partial charge in [-0.1, -0.05) is 13.3 Å². The van der Waals surface area contributed by atoms with E-state index in [0.717, 1.165) is 42.3 Å². The molecule has 5 nitrogen and oxygen atoms in total. The van der Waals surface area contributed by atoms with E-state index in [1.165, 1.54) is 0 Å². The molecule has 0 aliphatic heterocycles. The highest BCUT2D eigenvalue weighted by molar-refractivity contribution is 5.42. The molecule has 2 rings (SSSR count). The summed E-state index contributed by atoms with van der Waals surface area (Å²) in [7, 11) is 0. The van der Waals surface area contributed by atoms with E-state index in [0.29, 0.717) is 13.2 Å². The van der Waals surface area contributed by atoms with Crippen molar-refractivity contribution in [2.75, 3.05) is 31.2 Å². The fourth-order valence-electron chi connectivity index (χ4n) is 1.64. The van der Waals surface area contributed by atoms with E-state index in [1.807, 2.05) is 36.4 Å². The molecule has 2 aromatic rings. The van der Waals surface area contributed by atoms with Gasteiger partial charge in [0.2, 0.25) is 0 Å². The molecule has 0 fully saturated rings. The van der Waals surface area contributed by atoms with Crippen molar-refractivity contribution < 1.29 is 9.47 Å². The predicted molar refractivity (Wildman–Crippen MR) is 96.7 cm³/mol. The fourth-order valence-corrected chi connectivity index (χ4v) is 1.64. The first-order chi connectivity index (χ1) is 11.2. The van der Waals surface area contributed by atoms with Crippen molar-refractivity contribution in [1.82, 2.24) is 0 Å². The Morgan fingerprint density at radius 1 is 0.739 bits per heavy atom. The van der Waals surface area contributed by atoms with Gasteiger partial charge in [-0.25, -0.2) is 0 Å². The number of rotatable bonds is 7. The smallest absolute Gasteiger partial charge is 0.119 e. The third-order valence-electron chi connectivity index (χ3n) is 2.91. The number of anilines is 2. The van der Waals surface area contributed by atoms with Crippen LogP contribution in [0.4, 0.5) is 11.4 Å². The molecule has 0 aliphatic carbocycles. The highest BCUT2D eigenvalue weighted by atomic mass is 16.5. The van der Waals surface area contributed by atoms with Crippen LogP contribution in [0.3, 0.4) is 0 Å². The third kappa shape index (κ3) is 8.58. The maximum absolute atomic E-state index is 5.53. The lowest BCUT2D eigenvalue weighted by atomic mass is 10.3. The van der Waals surface area contributed by atoms with E-state index in [9.17, 15) is 0 Å². The second-order valence-electron chi connectivity index (χ2n) is 4.98. The second-order valence-corrected chi connectivity index (χ2v) is 4.98. The van der Waals surface area contributed by atoms with Gasteiger partial charge in [-0.05, 0) is 55.0 Å². The lowest BCUT2D eigenvalue weighted by Crippen LogP contribution is -2.10. The Morgan fingerprint density at radius 3 is 1.57 bits per heavy atom. The number of ether oxygens (including phenoxy) is 2. The maximum Gasteiger partial charge on any atom is 0.119 e. The Labute approximate surface area is 138 Å². The zero-order valence-corrected chi connectivity index (χ0v) is 13.7. The summed E-state index contributed by atoms with van der Waals surface area (Å²) in [4.78, 5) is 0. The summed E-state index contributed by atoms with van der Waals surface area (Å²) >= 11 is 0. The normalized spacial score (nSPS) is 9.65. The molecule has 2 aromatic carbocycles. The highest BCUT2D eigenvalue weighted by Crippen LogP contribution is 2.13. The molecule has 23 heavy (non-hydrogen) atoms. The van der Waals surface area contributed by atoms with Crippen LogP contribution in [0.2, 0.25) is 0 Å². The van der Waals surface area contributed by atoms with Crippen molar-refractivity contribution >= 4 is 11.4 Å². The van der Waals surface area contributed by atoms with Crippen LogP contribution in [-0.4, -0.2) is 19.8 Å². The second kappa shape index (κ2) is 11.2. The number of unbranched alkanes of at least 4 members (excludes halogenated alkanes) is 1. The minimum atomic E-state index is 0.532. The quantitative estimate of drug-likeness (QED) is 0.539. The van der Waals surface area contributed by atoms with E-state index in [4.69, 9.17) is 26.7 Å². The molecule has 0 heterocycles. The Kier molecular flexibility index (Phi) is 9.09. The van der Waals surface area contributed by atoms with E-state index < -0.39 is 0 Å². The van der Waals surface area contributed by atoms with Gasteiger partial charge in [0.05, 0.1) is 6.61 Å². The summed E-state index contributed by atoms with van der Waals surface area (Å²) in [6.45, 7) is 4.01. The minimum Gasteiger partial charge on any atom is -0.494 e. The monoisotopic (exact) mass is 317 g/mol. The zero-order chi connectivity index (χ0) is 16.9. The van der Waals surface area contributed by atoms with Crippen LogP contribution >= 0.6 is 0 Å². The van der Waals surface area contributed by atoms with Gasteiger partial charge in [-0.2, -0.15) is 0 Å².